The van der Waals surface area contributed by atoms with Crippen LogP contribution in [-0.4, -0.2) is 24.1 Å². The highest BCUT2D eigenvalue weighted by Crippen LogP contribution is 2.19. The predicted octanol–water partition coefficient (Wildman–Crippen LogP) is 3.48. The lowest BCUT2D eigenvalue weighted by atomic mass is 10.2. The summed E-state index contributed by atoms with van der Waals surface area (Å²) in [5, 5.41) is 13.6. The number of aryl methyl sites for hydroxylation is 2. The van der Waals surface area contributed by atoms with E-state index in [1.807, 2.05) is 79.4 Å². The Bertz CT molecular complexity index is 1160. The van der Waals surface area contributed by atoms with E-state index in [9.17, 15) is 0 Å². The lowest BCUT2D eigenvalue weighted by Crippen LogP contribution is -1.96. The first kappa shape index (κ1) is 15.8. The van der Waals surface area contributed by atoms with Gasteiger partial charge in [-0.1, -0.05) is 30.3 Å². The minimum Gasteiger partial charge on any atom is -0.334 e. The van der Waals surface area contributed by atoms with Crippen LogP contribution in [0.2, 0.25) is 0 Å². The Hall–Kier alpha value is -3.72. The maximum absolute atomic E-state index is 9.09. The molecule has 3 aromatic heterocycles. The van der Waals surface area contributed by atoms with Crippen molar-refractivity contribution in [3.63, 3.8) is 0 Å². The molecule has 4 aromatic rings. The van der Waals surface area contributed by atoms with Crippen LogP contribution in [0.5, 0.6) is 0 Å². The van der Waals surface area contributed by atoms with Crippen LogP contribution in [0, 0.1) is 18.3 Å². The van der Waals surface area contributed by atoms with Crippen molar-refractivity contribution in [3.8, 4) is 17.3 Å². The van der Waals surface area contributed by atoms with E-state index < -0.39 is 0 Å². The molecule has 0 amide bonds. The van der Waals surface area contributed by atoms with Crippen molar-refractivity contribution in [1.29, 1.82) is 5.26 Å². The zero-order valence-corrected chi connectivity index (χ0v) is 14.5. The molecule has 0 spiro atoms. The fraction of sp³-hybridized carbons (Fsp3) is 0.100. The number of aromatic nitrogens is 5. The summed E-state index contributed by atoms with van der Waals surface area (Å²) in [5.41, 5.74) is 4.59. The number of hydrogen-bond donors (Lipinski definition) is 0. The van der Waals surface area contributed by atoms with E-state index in [0.29, 0.717) is 11.3 Å². The molecular formula is C20H16N6. The second-order valence-electron chi connectivity index (χ2n) is 5.98. The molecule has 0 atom stereocenters. The predicted molar refractivity (Wildman–Crippen MR) is 100 cm³/mol. The van der Waals surface area contributed by atoms with Crippen LogP contribution in [0.4, 0.5) is 0 Å². The minimum atomic E-state index is 0.398. The van der Waals surface area contributed by atoms with E-state index in [4.69, 9.17) is 5.26 Å². The highest BCUT2D eigenvalue weighted by atomic mass is 15.3. The molecule has 0 aliphatic heterocycles. The molecule has 0 fully saturated rings. The van der Waals surface area contributed by atoms with Gasteiger partial charge in [-0.05, 0) is 31.2 Å². The molecule has 3 heterocycles. The molecule has 26 heavy (non-hydrogen) atoms. The lowest BCUT2D eigenvalue weighted by molar-refractivity contribution is 0.888. The maximum Gasteiger partial charge on any atom is 0.164 e. The zero-order chi connectivity index (χ0) is 18.1. The van der Waals surface area contributed by atoms with Gasteiger partial charge < -0.3 is 4.57 Å². The van der Waals surface area contributed by atoms with Crippen LogP contribution in [-0.2, 0) is 7.05 Å². The summed E-state index contributed by atoms with van der Waals surface area (Å²) >= 11 is 0. The molecule has 0 aliphatic rings. The normalized spacial score (nSPS) is 11.3. The molecule has 1 aromatic carbocycles. The van der Waals surface area contributed by atoms with Crippen LogP contribution in [0.1, 0.15) is 22.9 Å². The number of hydrogen-bond acceptors (Lipinski definition) is 4. The van der Waals surface area contributed by atoms with Gasteiger partial charge in [-0.25, -0.2) is 14.5 Å². The first-order valence-corrected chi connectivity index (χ1v) is 8.19. The van der Waals surface area contributed by atoms with E-state index in [2.05, 4.69) is 21.1 Å². The molecule has 4 rings (SSSR count). The van der Waals surface area contributed by atoms with Gasteiger partial charge in [0.1, 0.15) is 11.9 Å². The van der Waals surface area contributed by atoms with Gasteiger partial charge in [0.2, 0.25) is 0 Å². The molecule has 6 nitrogen and oxygen atoms in total. The number of imidazole rings is 2. The third-order valence-electron chi connectivity index (χ3n) is 4.21. The van der Waals surface area contributed by atoms with Crippen LogP contribution in [0.3, 0.4) is 0 Å². The van der Waals surface area contributed by atoms with Gasteiger partial charge in [-0.15, -0.1) is 0 Å². The van der Waals surface area contributed by atoms with Gasteiger partial charge in [0.05, 0.1) is 17.1 Å². The SMILES string of the molecule is Cc1c(C#N)nc2ccc(/C=C/c3nc(-c4ccccc4)cn3C)nn12. The summed E-state index contributed by atoms with van der Waals surface area (Å²) in [6.07, 6.45) is 5.84. The Morgan fingerprint density at radius 2 is 1.85 bits per heavy atom. The van der Waals surface area contributed by atoms with Crippen molar-refractivity contribution in [2.45, 2.75) is 6.92 Å². The smallest absolute Gasteiger partial charge is 0.164 e. The number of rotatable bonds is 3. The molecule has 0 bridgehead atoms. The first-order valence-electron chi connectivity index (χ1n) is 8.19. The van der Waals surface area contributed by atoms with E-state index >= 15 is 0 Å². The zero-order valence-electron chi connectivity index (χ0n) is 14.5. The minimum absolute atomic E-state index is 0.398. The van der Waals surface area contributed by atoms with Crippen LogP contribution in [0.15, 0.2) is 48.7 Å². The maximum atomic E-state index is 9.09. The Kier molecular flexibility index (Phi) is 3.82. The third kappa shape index (κ3) is 2.76. The molecule has 6 heteroatoms. The highest BCUT2D eigenvalue weighted by molar-refractivity contribution is 5.68. The van der Waals surface area contributed by atoms with Crippen molar-refractivity contribution >= 4 is 17.8 Å². The van der Waals surface area contributed by atoms with Gasteiger partial charge in [-0.3, -0.25) is 0 Å². The standard InChI is InChI=1S/C20H16N6/c1-14-17(12-21)22-20-11-9-16(24-26(14)20)8-10-19-23-18(13-25(19)2)15-6-4-3-5-7-15/h3-11,13H,1-2H3/b10-8+. The van der Waals surface area contributed by atoms with Gasteiger partial charge >= 0.3 is 0 Å². The quantitative estimate of drug-likeness (QED) is 0.572. The Morgan fingerprint density at radius 1 is 1.04 bits per heavy atom. The van der Waals surface area contributed by atoms with Crippen LogP contribution in [0.25, 0.3) is 29.1 Å². The van der Waals surface area contributed by atoms with Gasteiger partial charge in [-0.2, -0.15) is 10.4 Å². The summed E-state index contributed by atoms with van der Waals surface area (Å²) in [6, 6.07) is 15.9. The van der Waals surface area contributed by atoms with E-state index in [0.717, 1.165) is 28.5 Å². The van der Waals surface area contributed by atoms with Crippen molar-refractivity contribution < 1.29 is 0 Å². The van der Waals surface area contributed by atoms with Crippen LogP contribution < -0.4 is 0 Å². The fourth-order valence-corrected chi connectivity index (χ4v) is 2.80. The average Bonchev–Trinajstić information content (AvgIpc) is 3.20. The van der Waals surface area contributed by atoms with Crippen molar-refractivity contribution in [1.82, 2.24) is 24.1 Å². The highest BCUT2D eigenvalue weighted by Gasteiger charge is 2.09. The largest absolute Gasteiger partial charge is 0.334 e. The molecule has 0 radical (unpaired) electrons. The summed E-state index contributed by atoms with van der Waals surface area (Å²) in [5.74, 6) is 0.839. The monoisotopic (exact) mass is 340 g/mol. The molecule has 0 saturated carbocycles. The van der Waals surface area contributed by atoms with Crippen molar-refractivity contribution in [2.24, 2.45) is 7.05 Å². The van der Waals surface area contributed by atoms with Gasteiger partial charge in [0, 0.05) is 18.8 Å². The van der Waals surface area contributed by atoms with Crippen molar-refractivity contribution in [3.05, 3.63) is 71.6 Å². The summed E-state index contributed by atoms with van der Waals surface area (Å²) in [6.45, 7) is 1.84. The molecular weight excluding hydrogens is 324 g/mol. The van der Waals surface area contributed by atoms with Crippen molar-refractivity contribution in [2.75, 3.05) is 0 Å². The average molecular weight is 340 g/mol. The lowest BCUT2D eigenvalue weighted by Gasteiger charge is -1.98. The fourth-order valence-electron chi connectivity index (χ4n) is 2.80. The second-order valence-corrected chi connectivity index (χ2v) is 5.98. The number of benzene rings is 1. The van der Waals surface area contributed by atoms with Gasteiger partial charge in [0.25, 0.3) is 0 Å². The molecule has 0 saturated heterocycles. The van der Waals surface area contributed by atoms with E-state index in [1.165, 1.54) is 0 Å². The van der Waals surface area contributed by atoms with Crippen LogP contribution >= 0.6 is 0 Å². The van der Waals surface area contributed by atoms with Gasteiger partial charge in [0.15, 0.2) is 11.3 Å². The van der Waals surface area contributed by atoms with E-state index in [1.54, 1.807) is 4.52 Å². The topological polar surface area (TPSA) is 71.8 Å². The number of nitriles is 1. The van der Waals surface area contributed by atoms with E-state index in [-0.39, 0.29) is 0 Å². The third-order valence-corrected chi connectivity index (χ3v) is 4.21. The summed E-state index contributed by atoms with van der Waals surface area (Å²) < 4.78 is 3.67. The Balaban J connectivity index is 1.66. The Morgan fingerprint density at radius 3 is 2.62 bits per heavy atom. The second kappa shape index (κ2) is 6.30. The molecule has 0 aliphatic carbocycles. The Labute approximate surface area is 150 Å². The summed E-state index contributed by atoms with van der Waals surface area (Å²) in [7, 11) is 1.97. The number of nitrogens with zero attached hydrogens (tertiary/aromatic N) is 6. The molecule has 0 N–H and O–H groups in total. The molecule has 126 valence electrons. The molecule has 0 unspecified atom stereocenters. The number of fused-ring (bicyclic) bond motifs is 1. The summed E-state index contributed by atoms with van der Waals surface area (Å²) in [4.78, 5) is 8.92. The first-order chi connectivity index (χ1) is 12.7.